The van der Waals surface area contributed by atoms with Gasteiger partial charge in [-0.2, -0.15) is 5.10 Å². The highest BCUT2D eigenvalue weighted by Gasteiger charge is 2.07. The first-order valence-corrected chi connectivity index (χ1v) is 8.17. The molecular weight excluding hydrogens is 332 g/mol. The van der Waals surface area contributed by atoms with E-state index in [1.54, 1.807) is 12.1 Å². The van der Waals surface area contributed by atoms with E-state index < -0.39 is 0 Å². The predicted octanol–water partition coefficient (Wildman–Crippen LogP) is 4.35. The molecule has 1 N–H and O–H groups in total. The number of amides is 1. The van der Waals surface area contributed by atoms with Crippen LogP contribution in [0.2, 0.25) is 5.02 Å². The van der Waals surface area contributed by atoms with Crippen LogP contribution >= 0.6 is 22.9 Å². The minimum Gasteiger partial charge on any atom is -0.455 e. The number of thiophene rings is 1. The lowest BCUT2D eigenvalue weighted by Crippen LogP contribution is -2.19. The van der Waals surface area contributed by atoms with Gasteiger partial charge < -0.3 is 4.42 Å². The normalized spacial score (nSPS) is 11.0. The molecule has 0 radical (unpaired) electrons. The predicted molar refractivity (Wildman–Crippen MR) is 92.9 cm³/mol. The molecule has 0 fully saturated rings. The van der Waals surface area contributed by atoms with Crippen molar-refractivity contribution in [2.24, 2.45) is 5.10 Å². The van der Waals surface area contributed by atoms with Gasteiger partial charge >= 0.3 is 0 Å². The maximum absolute atomic E-state index is 11.7. The summed E-state index contributed by atoms with van der Waals surface area (Å²) in [6.07, 6.45) is 1.78. The Balaban J connectivity index is 1.60. The zero-order valence-corrected chi connectivity index (χ0v) is 13.6. The van der Waals surface area contributed by atoms with Crippen molar-refractivity contribution in [2.75, 3.05) is 0 Å². The molecule has 1 amide bonds. The molecule has 0 saturated carbocycles. The number of hydrogen-bond acceptors (Lipinski definition) is 4. The lowest BCUT2D eigenvalue weighted by atomic mass is 10.2. The Morgan fingerprint density at radius 3 is 2.87 bits per heavy atom. The summed E-state index contributed by atoms with van der Waals surface area (Å²) >= 11 is 7.67. The number of nitrogens with one attached hydrogen (secondary N) is 1. The van der Waals surface area contributed by atoms with Crippen LogP contribution in [0.4, 0.5) is 0 Å². The van der Waals surface area contributed by atoms with Gasteiger partial charge in [-0.1, -0.05) is 29.8 Å². The molecule has 2 heterocycles. The molecule has 116 valence electrons. The van der Waals surface area contributed by atoms with Crippen LogP contribution in [-0.2, 0) is 11.2 Å². The van der Waals surface area contributed by atoms with E-state index in [0.717, 1.165) is 10.4 Å². The largest absolute Gasteiger partial charge is 0.455 e. The molecule has 1 aromatic carbocycles. The second kappa shape index (κ2) is 7.26. The van der Waals surface area contributed by atoms with Gasteiger partial charge in [0.05, 0.1) is 17.7 Å². The smallest absolute Gasteiger partial charge is 0.245 e. The monoisotopic (exact) mass is 344 g/mol. The highest BCUT2D eigenvalue weighted by Crippen LogP contribution is 2.28. The van der Waals surface area contributed by atoms with E-state index in [-0.39, 0.29) is 5.91 Å². The Hall–Kier alpha value is -2.37. The number of hydrogen-bond donors (Lipinski definition) is 1. The first kappa shape index (κ1) is 15.5. The van der Waals surface area contributed by atoms with Crippen molar-refractivity contribution in [3.8, 4) is 11.3 Å². The fraction of sp³-hybridized carbons (Fsp3) is 0.0588. The highest BCUT2D eigenvalue weighted by atomic mass is 35.5. The highest BCUT2D eigenvalue weighted by molar-refractivity contribution is 7.10. The third-order valence-electron chi connectivity index (χ3n) is 3.06. The topological polar surface area (TPSA) is 54.6 Å². The minimum atomic E-state index is -0.165. The van der Waals surface area contributed by atoms with Gasteiger partial charge in [0.1, 0.15) is 11.5 Å². The molecular formula is C17H13ClN2O2S. The fourth-order valence-electron chi connectivity index (χ4n) is 2.01. The van der Waals surface area contributed by atoms with Crippen LogP contribution in [0.25, 0.3) is 11.3 Å². The molecule has 2 aromatic heterocycles. The molecule has 0 unspecified atom stereocenters. The molecule has 3 rings (SSSR count). The van der Waals surface area contributed by atoms with Gasteiger partial charge in [-0.25, -0.2) is 5.43 Å². The molecule has 6 heteroatoms. The van der Waals surface area contributed by atoms with Gasteiger partial charge in [0, 0.05) is 10.4 Å². The summed E-state index contributed by atoms with van der Waals surface area (Å²) in [5.74, 6) is 1.03. The second-order valence-electron chi connectivity index (χ2n) is 4.73. The Labute approximate surface area is 142 Å². The maximum Gasteiger partial charge on any atom is 0.245 e. The zero-order valence-electron chi connectivity index (χ0n) is 12.0. The van der Waals surface area contributed by atoms with Crippen molar-refractivity contribution >= 4 is 35.1 Å². The summed E-state index contributed by atoms with van der Waals surface area (Å²) < 4.78 is 5.66. The quantitative estimate of drug-likeness (QED) is 0.552. The van der Waals surface area contributed by atoms with E-state index in [1.165, 1.54) is 17.6 Å². The molecule has 0 aliphatic heterocycles. The van der Waals surface area contributed by atoms with Gasteiger partial charge in [0.15, 0.2) is 0 Å². The Bertz CT molecular complexity index is 825. The van der Waals surface area contributed by atoms with E-state index in [2.05, 4.69) is 10.5 Å². The van der Waals surface area contributed by atoms with Crippen LogP contribution in [-0.4, -0.2) is 12.1 Å². The van der Waals surface area contributed by atoms with E-state index in [0.29, 0.717) is 23.0 Å². The SMILES string of the molecule is O=C(Cc1cccs1)N/N=C\c1ccc(-c2ccccc2Cl)o1. The minimum absolute atomic E-state index is 0.165. The Kier molecular flexibility index (Phi) is 4.90. The number of furan rings is 1. The Morgan fingerprint density at radius 2 is 2.09 bits per heavy atom. The molecule has 4 nitrogen and oxygen atoms in total. The number of rotatable bonds is 5. The van der Waals surface area contributed by atoms with Crippen LogP contribution in [0.15, 0.2) is 63.4 Å². The molecule has 0 atom stereocenters. The number of hydrazone groups is 1. The van der Waals surface area contributed by atoms with E-state index >= 15 is 0 Å². The van der Waals surface area contributed by atoms with Gasteiger partial charge in [0.2, 0.25) is 5.91 Å². The van der Waals surface area contributed by atoms with Crippen molar-refractivity contribution in [3.05, 3.63) is 69.6 Å². The zero-order chi connectivity index (χ0) is 16.1. The molecule has 0 spiro atoms. The van der Waals surface area contributed by atoms with E-state index in [1.807, 2.05) is 41.8 Å². The van der Waals surface area contributed by atoms with Crippen LogP contribution in [0, 0.1) is 0 Å². The van der Waals surface area contributed by atoms with Crippen LogP contribution in [0.1, 0.15) is 10.6 Å². The van der Waals surface area contributed by atoms with Crippen molar-refractivity contribution in [2.45, 2.75) is 6.42 Å². The van der Waals surface area contributed by atoms with Crippen molar-refractivity contribution in [3.63, 3.8) is 0 Å². The standard InChI is InChI=1S/C17H13ClN2O2S/c18-15-6-2-1-5-14(15)16-8-7-12(22-16)11-19-20-17(21)10-13-4-3-9-23-13/h1-9,11H,10H2,(H,20,21)/b19-11-. The van der Waals surface area contributed by atoms with Gasteiger partial charge in [-0.05, 0) is 35.7 Å². The molecule has 0 aliphatic rings. The van der Waals surface area contributed by atoms with Crippen LogP contribution < -0.4 is 5.43 Å². The molecule has 23 heavy (non-hydrogen) atoms. The van der Waals surface area contributed by atoms with E-state index in [9.17, 15) is 4.79 Å². The van der Waals surface area contributed by atoms with E-state index in [4.69, 9.17) is 16.0 Å². The average molecular weight is 345 g/mol. The first-order valence-electron chi connectivity index (χ1n) is 6.91. The molecule has 0 saturated heterocycles. The summed E-state index contributed by atoms with van der Waals surface area (Å²) in [5, 5.41) is 6.46. The van der Waals surface area contributed by atoms with Crippen LogP contribution in [0.3, 0.4) is 0 Å². The lowest BCUT2D eigenvalue weighted by molar-refractivity contribution is -0.120. The summed E-state index contributed by atoms with van der Waals surface area (Å²) in [5.41, 5.74) is 3.30. The molecule has 3 aromatic rings. The average Bonchev–Trinajstić information content (AvgIpc) is 3.20. The summed E-state index contributed by atoms with van der Waals surface area (Å²) in [4.78, 5) is 12.7. The summed E-state index contributed by atoms with van der Waals surface area (Å²) in [6.45, 7) is 0. The molecule has 0 bridgehead atoms. The second-order valence-corrected chi connectivity index (χ2v) is 6.17. The third kappa shape index (κ3) is 4.09. The third-order valence-corrected chi connectivity index (χ3v) is 4.27. The number of carbonyl (C=O) groups excluding carboxylic acids is 1. The number of carbonyl (C=O) groups is 1. The van der Waals surface area contributed by atoms with Crippen molar-refractivity contribution in [1.29, 1.82) is 0 Å². The van der Waals surface area contributed by atoms with Crippen molar-refractivity contribution < 1.29 is 9.21 Å². The lowest BCUT2D eigenvalue weighted by Gasteiger charge is -1.99. The number of benzene rings is 1. The number of nitrogens with zero attached hydrogens (tertiary/aromatic N) is 1. The van der Waals surface area contributed by atoms with Gasteiger partial charge in [-0.15, -0.1) is 11.3 Å². The first-order chi connectivity index (χ1) is 11.2. The number of halogens is 1. The molecule has 0 aliphatic carbocycles. The fourth-order valence-corrected chi connectivity index (χ4v) is 2.94. The van der Waals surface area contributed by atoms with Gasteiger partial charge in [-0.3, -0.25) is 4.79 Å². The maximum atomic E-state index is 11.7. The van der Waals surface area contributed by atoms with Crippen LogP contribution in [0.5, 0.6) is 0 Å². The summed E-state index contributed by atoms with van der Waals surface area (Å²) in [6, 6.07) is 14.8. The Morgan fingerprint density at radius 1 is 1.22 bits per heavy atom. The summed E-state index contributed by atoms with van der Waals surface area (Å²) in [7, 11) is 0. The van der Waals surface area contributed by atoms with Gasteiger partial charge in [0.25, 0.3) is 0 Å². The van der Waals surface area contributed by atoms with Crippen molar-refractivity contribution in [1.82, 2.24) is 5.43 Å².